The Morgan fingerprint density at radius 1 is 1.20 bits per heavy atom. The molecule has 5 rings (SSSR count). The number of nitrogens with zero attached hydrogens (tertiary/aromatic N) is 4. The third kappa shape index (κ3) is 4.38. The second kappa shape index (κ2) is 9.54. The number of Topliss-reactive ketones (excluding diaryl/α,β-unsaturated/α-hetero) is 1. The lowest BCUT2D eigenvalue weighted by Gasteiger charge is -2.29. The van der Waals surface area contributed by atoms with Gasteiger partial charge in [-0.25, -0.2) is 4.98 Å². The number of rotatable bonds is 7. The largest absolute Gasteiger partial charge is 0.482 e. The minimum atomic E-state index is -0.199. The number of amides is 1. The van der Waals surface area contributed by atoms with E-state index >= 15 is 0 Å². The van der Waals surface area contributed by atoms with Crippen LogP contribution in [0.3, 0.4) is 0 Å². The Bertz CT molecular complexity index is 1370. The predicted octanol–water partition coefficient (Wildman–Crippen LogP) is 3.42. The summed E-state index contributed by atoms with van der Waals surface area (Å²) in [4.78, 5) is 50.1. The van der Waals surface area contributed by atoms with Crippen LogP contribution < -0.4 is 15.2 Å². The van der Waals surface area contributed by atoms with Crippen molar-refractivity contribution in [3.05, 3.63) is 50.4 Å². The molecular formula is C26H30N4O4S. The summed E-state index contributed by atoms with van der Waals surface area (Å²) in [6, 6.07) is 5.15. The summed E-state index contributed by atoms with van der Waals surface area (Å²) < 4.78 is 7.11. The zero-order valence-electron chi connectivity index (χ0n) is 20.4. The van der Waals surface area contributed by atoms with Crippen LogP contribution in [0.2, 0.25) is 0 Å². The predicted molar refractivity (Wildman–Crippen MR) is 137 cm³/mol. The number of aryl methyl sites for hydroxylation is 2. The van der Waals surface area contributed by atoms with E-state index in [1.807, 2.05) is 25.9 Å². The van der Waals surface area contributed by atoms with Gasteiger partial charge in [0.05, 0.1) is 24.2 Å². The van der Waals surface area contributed by atoms with Crippen molar-refractivity contribution in [2.75, 3.05) is 32.1 Å². The van der Waals surface area contributed by atoms with Crippen LogP contribution in [0.15, 0.2) is 23.0 Å². The van der Waals surface area contributed by atoms with Crippen molar-refractivity contribution in [2.24, 2.45) is 0 Å². The standard InChI is InChI=1S/C26H30N4O4S/c1-4-11-29-18-12-16(9-10-20(18)34-15-23(29)32)19(31)13-30-22(14-28(2)3)27-25-24(26(30)33)17-7-5-6-8-21(17)35-25/h9-10,12H,4-8,11,13-15H2,1-3H3. The van der Waals surface area contributed by atoms with Gasteiger partial charge >= 0.3 is 0 Å². The molecule has 1 aliphatic carbocycles. The molecule has 0 saturated heterocycles. The molecule has 0 N–H and O–H groups in total. The molecule has 0 radical (unpaired) electrons. The normalized spacial score (nSPS) is 15.3. The summed E-state index contributed by atoms with van der Waals surface area (Å²) in [6.07, 6.45) is 4.88. The van der Waals surface area contributed by atoms with Crippen molar-refractivity contribution in [3.63, 3.8) is 0 Å². The number of hydrogen-bond donors (Lipinski definition) is 0. The van der Waals surface area contributed by atoms with E-state index in [1.165, 1.54) is 9.44 Å². The van der Waals surface area contributed by atoms with Gasteiger partial charge in [-0.15, -0.1) is 11.3 Å². The molecule has 2 aliphatic rings. The first-order valence-corrected chi connectivity index (χ1v) is 13.0. The Labute approximate surface area is 208 Å². The first-order chi connectivity index (χ1) is 16.9. The molecule has 1 aliphatic heterocycles. The average Bonchev–Trinajstić information content (AvgIpc) is 3.21. The van der Waals surface area contributed by atoms with Gasteiger partial charge in [0.25, 0.3) is 11.5 Å². The van der Waals surface area contributed by atoms with Crippen molar-refractivity contribution in [1.82, 2.24) is 14.5 Å². The van der Waals surface area contributed by atoms with Crippen LogP contribution in [0, 0.1) is 0 Å². The first kappa shape index (κ1) is 23.7. The number of carbonyl (C=O) groups excluding carboxylic acids is 2. The number of carbonyl (C=O) groups is 2. The lowest BCUT2D eigenvalue weighted by atomic mass is 9.97. The van der Waals surface area contributed by atoms with E-state index in [2.05, 4.69) is 0 Å². The molecule has 8 nitrogen and oxygen atoms in total. The Hall–Kier alpha value is -3.04. The third-order valence-electron chi connectivity index (χ3n) is 6.58. The molecule has 3 heterocycles. The lowest BCUT2D eigenvalue weighted by Crippen LogP contribution is -2.39. The number of anilines is 1. The molecule has 0 saturated carbocycles. The summed E-state index contributed by atoms with van der Waals surface area (Å²) in [6.45, 7) is 2.92. The molecule has 0 unspecified atom stereocenters. The highest BCUT2D eigenvalue weighted by molar-refractivity contribution is 7.18. The van der Waals surface area contributed by atoms with Gasteiger partial charge in [0.2, 0.25) is 0 Å². The molecule has 2 aromatic heterocycles. The van der Waals surface area contributed by atoms with Gasteiger partial charge in [-0.05, 0) is 70.0 Å². The number of fused-ring (bicyclic) bond motifs is 4. The Morgan fingerprint density at radius 2 is 2.00 bits per heavy atom. The molecule has 9 heteroatoms. The van der Waals surface area contributed by atoms with Gasteiger partial charge in [-0.2, -0.15) is 0 Å². The highest BCUT2D eigenvalue weighted by Crippen LogP contribution is 2.35. The van der Waals surface area contributed by atoms with E-state index in [1.54, 1.807) is 34.4 Å². The zero-order valence-corrected chi connectivity index (χ0v) is 21.2. The van der Waals surface area contributed by atoms with Crippen molar-refractivity contribution >= 4 is 38.9 Å². The second-order valence-corrected chi connectivity index (χ2v) is 10.6. The third-order valence-corrected chi connectivity index (χ3v) is 7.77. The lowest BCUT2D eigenvalue weighted by molar-refractivity contribution is -0.121. The molecule has 3 aromatic rings. The number of thiophene rings is 1. The van der Waals surface area contributed by atoms with Crippen LogP contribution in [0.25, 0.3) is 10.2 Å². The molecule has 184 valence electrons. The topological polar surface area (TPSA) is 84.7 Å². The maximum Gasteiger partial charge on any atom is 0.265 e. The fourth-order valence-corrected chi connectivity index (χ4v) is 6.20. The van der Waals surface area contributed by atoms with Crippen molar-refractivity contribution < 1.29 is 14.3 Å². The van der Waals surface area contributed by atoms with Gasteiger partial charge in [0.15, 0.2) is 12.4 Å². The van der Waals surface area contributed by atoms with Crippen LogP contribution in [0.1, 0.15) is 52.8 Å². The van der Waals surface area contributed by atoms with Crippen LogP contribution in [0.5, 0.6) is 5.75 Å². The van der Waals surface area contributed by atoms with E-state index in [0.717, 1.165) is 42.5 Å². The Balaban J connectivity index is 1.55. The SMILES string of the molecule is CCCN1C(=O)COc2ccc(C(=O)Cn3c(CN(C)C)nc4sc5c(c4c3=O)CCCC5)cc21. The quantitative estimate of drug-likeness (QED) is 0.468. The number of ether oxygens (including phenoxy) is 1. The van der Waals surface area contributed by atoms with Gasteiger partial charge in [0.1, 0.15) is 16.4 Å². The number of benzene rings is 1. The maximum absolute atomic E-state index is 13.7. The second-order valence-electron chi connectivity index (χ2n) is 9.49. The molecule has 0 spiro atoms. The molecule has 1 aromatic carbocycles. The summed E-state index contributed by atoms with van der Waals surface area (Å²) >= 11 is 1.62. The minimum Gasteiger partial charge on any atom is -0.482 e. The van der Waals surface area contributed by atoms with E-state index in [9.17, 15) is 14.4 Å². The minimum absolute atomic E-state index is 0.000227. The molecular weight excluding hydrogens is 464 g/mol. The van der Waals surface area contributed by atoms with E-state index in [-0.39, 0.29) is 30.4 Å². The summed E-state index contributed by atoms with van der Waals surface area (Å²) in [5.41, 5.74) is 2.03. The molecule has 35 heavy (non-hydrogen) atoms. The van der Waals surface area contributed by atoms with Crippen LogP contribution >= 0.6 is 11.3 Å². The molecule has 0 bridgehead atoms. The van der Waals surface area contributed by atoms with E-state index in [4.69, 9.17) is 9.72 Å². The van der Waals surface area contributed by atoms with Crippen molar-refractivity contribution in [1.29, 1.82) is 0 Å². The van der Waals surface area contributed by atoms with Crippen LogP contribution in [-0.2, 0) is 30.7 Å². The highest BCUT2D eigenvalue weighted by Gasteiger charge is 2.27. The summed E-state index contributed by atoms with van der Waals surface area (Å²) in [7, 11) is 3.84. The highest BCUT2D eigenvalue weighted by atomic mass is 32.1. The molecule has 0 atom stereocenters. The molecule has 1 amide bonds. The van der Waals surface area contributed by atoms with Gasteiger partial charge in [-0.1, -0.05) is 6.92 Å². The Kier molecular flexibility index (Phi) is 6.46. The summed E-state index contributed by atoms with van der Waals surface area (Å²) in [5, 5.41) is 0.679. The average molecular weight is 495 g/mol. The van der Waals surface area contributed by atoms with Crippen molar-refractivity contribution in [3.8, 4) is 5.75 Å². The fourth-order valence-electron chi connectivity index (χ4n) is 4.93. The zero-order chi connectivity index (χ0) is 24.7. The number of ketones is 1. The smallest absolute Gasteiger partial charge is 0.265 e. The van der Waals surface area contributed by atoms with Crippen LogP contribution in [0.4, 0.5) is 5.69 Å². The van der Waals surface area contributed by atoms with Gasteiger partial charge < -0.3 is 14.5 Å². The maximum atomic E-state index is 13.7. The van der Waals surface area contributed by atoms with Crippen LogP contribution in [-0.4, -0.2) is 53.4 Å². The van der Waals surface area contributed by atoms with Crippen molar-refractivity contribution in [2.45, 2.75) is 52.1 Å². The summed E-state index contributed by atoms with van der Waals surface area (Å²) in [5.74, 6) is 0.858. The Morgan fingerprint density at radius 3 is 2.77 bits per heavy atom. The first-order valence-electron chi connectivity index (χ1n) is 12.2. The number of hydrogen-bond acceptors (Lipinski definition) is 7. The van der Waals surface area contributed by atoms with E-state index < -0.39 is 0 Å². The number of aromatic nitrogens is 2. The fraction of sp³-hybridized carbons (Fsp3) is 0.462. The van der Waals surface area contributed by atoms with Gasteiger partial charge in [-0.3, -0.25) is 19.0 Å². The monoisotopic (exact) mass is 494 g/mol. The van der Waals surface area contributed by atoms with E-state index in [0.29, 0.717) is 41.3 Å². The molecule has 0 fully saturated rings. The van der Waals surface area contributed by atoms with Gasteiger partial charge in [0, 0.05) is 17.0 Å².